The Morgan fingerprint density at radius 1 is 1.15 bits per heavy atom. The maximum absolute atomic E-state index is 12.5. The molecule has 2 aromatic rings. The molecule has 0 radical (unpaired) electrons. The van der Waals surface area contributed by atoms with Crippen LogP contribution >= 0.6 is 11.3 Å². The summed E-state index contributed by atoms with van der Waals surface area (Å²) in [4.78, 5) is 12.8. The van der Waals surface area contributed by atoms with E-state index in [9.17, 15) is 13.2 Å². The lowest BCUT2D eigenvalue weighted by molar-refractivity contribution is -0.120. The molecule has 27 heavy (non-hydrogen) atoms. The average Bonchev–Trinajstić information content (AvgIpc) is 3.33. The predicted molar refractivity (Wildman–Crippen MR) is 106 cm³/mol. The van der Waals surface area contributed by atoms with Crippen LogP contribution in [0.2, 0.25) is 0 Å². The van der Waals surface area contributed by atoms with Gasteiger partial charge in [-0.2, -0.15) is 4.31 Å². The van der Waals surface area contributed by atoms with Gasteiger partial charge in [0.15, 0.2) is 0 Å². The zero-order chi connectivity index (χ0) is 19.3. The first-order valence-electron chi connectivity index (χ1n) is 9.00. The number of carbonyl (C=O) groups is 1. The molecule has 6 nitrogen and oxygen atoms in total. The van der Waals surface area contributed by atoms with Gasteiger partial charge in [-0.3, -0.25) is 4.79 Å². The molecule has 146 valence electrons. The van der Waals surface area contributed by atoms with Crippen LogP contribution in [0.3, 0.4) is 0 Å². The molecule has 1 aromatic heterocycles. The molecule has 0 unspecified atom stereocenters. The summed E-state index contributed by atoms with van der Waals surface area (Å²) in [6.07, 6.45) is 1.99. The van der Waals surface area contributed by atoms with E-state index in [4.69, 9.17) is 4.74 Å². The quantitative estimate of drug-likeness (QED) is 0.681. The summed E-state index contributed by atoms with van der Waals surface area (Å²) < 4.78 is 32.4. The highest BCUT2D eigenvalue weighted by Crippen LogP contribution is 2.27. The second kappa shape index (κ2) is 8.86. The van der Waals surface area contributed by atoms with Gasteiger partial charge < -0.3 is 10.1 Å². The van der Waals surface area contributed by atoms with E-state index in [1.54, 1.807) is 12.1 Å². The number of hydrogen-bond donors (Lipinski definition) is 1. The van der Waals surface area contributed by atoms with E-state index in [1.165, 1.54) is 15.6 Å². The van der Waals surface area contributed by atoms with Crippen LogP contribution in [0, 0.1) is 6.92 Å². The highest BCUT2D eigenvalue weighted by atomic mass is 32.2. The lowest BCUT2D eigenvalue weighted by Crippen LogP contribution is -2.29. The van der Waals surface area contributed by atoms with Crippen molar-refractivity contribution in [2.45, 2.75) is 30.4 Å². The summed E-state index contributed by atoms with van der Waals surface area (Å²) in [6, 6.07) is 11.0. The van der Waals surface area contributed by atoms with Gasteiger partial charge in [-0.25, -0.2) is 8.42 Å². The molecule has 0 spiro atoms. The molecular formula is C19H24N2O4S2. The average molecular weight is 409 g/mol. The van der Waals surface area contributed by atoms with Gasteiger partial charge in [0.1, 0.15) is 16.6 Å². The van der Waals surface area contributed by atoms with E-state index >= 15 is 0 Å². The van der Waals surface area contributed by atoms with E-state index in [0.717, 1.165) is 29.0 Å². The molecule has 0 bridgehead atoms. The summed E-state index contributed by atoms with van der Waals surface area (Å²) >= 11 is 1.17. The Labute approximate surface area is 164 Å². The topological polar surface area (TPSA) is 75.7 Å². The summed E-state index contributed by atoms with van der Waals surface area (Å²) in [5, 5.41) is 2.80. The van der Waals surface area contributed by atoms with Crippen LogP contribution in [0.25, 0.3) is 0 Å². The molecule has 1 aliphatic rings. The minimum atomic E-state index is -3.41. The van der Waals surface area contributed by atoms with Crippen molar-refractivity contribution in [2.75, 3.05) is 26.2 Å². The van der Waals surface area contributed by atoms with Gasteiger partial charge in [-0.15, -0.1) is 11.3 Å². The first-order valence-corrected chi connectivity index (χ1v) is 11.3. The van der Waals surface area contributed by atoms with E-state index in [1.807, 2.05) is 31.2 Å². The number of hydrogen-bond acceptors (Lipinski definition) is 5. The highest BCUT2D eigenvalue weighted by molar-refractivity contribution is 7.91. The molecular weight excluding hydrogens is 384 g/mol. The number of aryl methyl sites for hydroxylation is 1. The molecule has 1 aromatic carbocycles. The van der Waals surface area contributed by atoms with Crippen LogP contribution in [-0.2, 0) is 21.2 Å². The molecule has 0 saturated carbocycles. The van der Waals surface area contributed by atoms with Gasteiger partial charge in [0.05, 0.1) is 13.0 Å². The minimum Gasteiger partial charge on any atom is -0.492 e. The van der Waals surface area contributed by atoms with Crippen LogP contribution in [-0.4, -0.2) is 44.9 Å². The van der Waals surface area contributed by atoms with Crippen molar-refractivity contribution in [3.63, 3.8) is 0 Å². The van der Waals surface area contributed by atoms with Gasteiger partial charge in [-0.05, 0) is 44.0 Å². The van der Waals surface area contributed by atoms with Crippen molar-refractivity contribution in [1.29, 1.82) is 0 Å². The Balaban J connectivity index is 1.44. The van der Waals surface area contributed by atoms with Crippen molar-refractivity contribution >= 4 is 27.3 Å². The first-order chi connectivity index (χ1) is 12.9. The van der Waals surface area contributed by atoms with E-state index in [2.05, 4.69) is 5.32 Å². The van der Waals surface area contributed by atoms with Gasteiger partial charge in [-0.1, -0.05) is 17.7 Å². The lowest BCUT2D eigenvalue weighted by atomic mass is 10.2. The van der Waals surface area contributed by atoms with Crippen molar-refractivity contribution in [3.8, 4) is 5.75 Å². The molecule has 2 heterocycles. The van der Waals surface area contributed by atoms with E-state index in [-0.39, 0.29) is 12.3 Å². The maximum atomic E-state index is 12.5. The highest BCUT2D eigenvalue weighted by Gasteiger charge is 2.28. The van der Waals surface area contributed by atoms with Crippen LogP contribution in [0.15, 0.2) is 40.6 Å². The van der Waals surface area contributed by atoms with Crippen LogP contribution in [0.4, 0.5) is 0 Å². The summed E-state index contributed by atoms with van der Waals surface area (Å²) in [6.45, 7) is 3.95. The molecule has 1 saturated heterocycles. The van der Waals surface area contributed by atoms with Gasteiger partial charge in [0.2, 0.25) is 5.91 Å². The van der Waals surface area contributed by atoms with Crippen molar-refractivity contribution in [2.24, 2.45) is 0 Å². The number of nitrogens with zero attached hydrogens (tertiary/aromatic N) is 1. The Bertz CT molecular complexity index is 869. The number of rotatable bonds is 8. The summed E-state index contributed by atoms with van der Waals surface area (Å²) in [5.41, 5.74) is 1.16. The lowest BCUT2D eigenvalue weighted by Gasteiger charge is -2.13. The number of thiophene rings is 1. The van der Waals surface area contributed by atoms with E-state index in [0.29, 0.717) is 30.5 Å². The fraction of sp³-hybridized carbons (Fsp3) is 0.421. The van der Waals surface area contributed by atoms with Gasteiger partial charge >= 0.3 is 0 Å². The molecule has 0 aliphatic carbocycles. The second-order valence-corrected chi connectivity index (χ2v) is 9.85. The third-order valence-corrected chi connectivity index (χ3v) is 7.80. The Morgan fingerprint density at radius 2 is 1.85 bits per heavy atom. The number of amides is 1. The molecule has 8 heteroatoms. The SMILES string of the molecule is Cc1ccc(OCCNC(=O)Cc2ccc(S(=O)(=O)N3CCCC3)s2)cc1. The summed E-state index contributed by atoms with van der Waals surface area (Å²) in [7, 11) is -3.41. The normalized spacial score (nSPS) is 15.0. The van der Waals surface area contributed by atoms with Gasteiger partial charge in [0.25, 0.3) is 10.0 Å². The van der Waals surface area contributed by atoms with Crippen LogP contribution < -0.4 is 10.1 Å². The zero-order valence-electron chi connectivity index (χ0n) is 15.3. The number of ether oxygens (including phenoxy) is 1. The van der Waals surface area contributed by atoms with Crippen LogP contribution in [0.1, 0.15) is 23.3 Å². The van der Waals surface area contributed by atoms with Crippen molar-refractivity contribution < 1.29 is 17.9 Å². The Hall–Kier alpha value is -1.90. The molecule has 3 rings (SSSR count). The largest absolute Gasteiger partial charge is 0.492 e. The van der Waals surface area contributed by atoms with Crippen LogP contribution in [0.5, 0.6) is 5.75 Å². The maximum Gasteiger partial charge on any atom is 0.252 e. The number of benzene rings is 1. The van der Waals surface area contributed by atoms with Gasteiger partial charge in [0, 0.05) is 18.0 Å². The minimum absolute atomic E-state index is 0.144. The summed E-state index contributed by atoms with van der Waals surface area (Å²) in [5.74, 6) is 0.624. The molecule has 1 N–H and O–H groups in total. The zero-order valence-corrected chi connectivity index (χ0v) is 16.9. The number of nitrogens with one attached hydrogen (secondary N) is 1. The third-order valence-electron chi connectivity index (χ3n) is 4.34. The molecule has 1 aliphatic heterocycles. The second-order valence-electron chi connectivity index (χ2n) is 6.52. The van der Waals surface area contributed by atoms with Crippen molar-refractivity contribution in [1.82, 2.24) is 9.62 Å². The van der Waals surface area contributed by atoms with E-state index < -0.39 is 10.0 Å². The monoisotopic (exact) mass is 408 g/mol. The Morgan fingerprint density at radius 3 is 2.56 bits per heavy atom. The number of carbonyl (C=O) groups excluding carboxylic acids is 1. The molecule has 0 atom stereocenters. The smallest absolute Gasteiger partial charge is 0.252 e. The first kappa shape index (κ1) is 19.9. The molecule has 1 fully saturated rings. The molecule has 1 amide bonds. The van der Waals surface area contributed by atoms with Crippen molar-refractivity contribution in [3.05, 3.63) is 46.8 Å². The fourth-order valence-corrected chi connectivity index (χ4v) is 5.89. The third kappa shape index (κ3) is 5.31. The fourth-order valence-electron chi connectivity index (χ4n) is 2.86. The Kier molecular flexibility index (Phi) is 6.51. The standard InChI is InChI=1S/C19H24N2O4S2/c1-15-4-6-16(7-5-15)25-13-10-20-18(22)14-17-8-9-19(26-17)27(23,24)21-11-2-3-12-21/h4-9H,2-3,10-14H2,1H3,(H,20,22). The predicted octanol–water partition coefficient (Wildman–Crippen LogP) is 2.58. The number of sulfonamides is 1.